The molecule has 0 atom stereocenters. The Morgan fingerprint density at radius 2 is 1.80 bits per heavy atom. The van der Waals surface area contributed by atoms with Crippen LogP contribution >= 0.6 is 0 Å². The van der Waals surface area contributed by atoms with Crippen molar-refractivity contribution < 1.29 is 4.79 Å². The van der Waals surface area contributed by atoms with Crippen LogP contribution in [0.4, 0.5) is 5.95 Å². The maximum absolute atomic E-state index is 12.5. The first-order valence-electron chi connectivity index (χ1n) is 7.51. The third-order valence-corrected chi connectivity index (χ3v) is 2.88. The van der Waals surface area contributed by atoms with Crippen LogP contribution in [-0.2, 0) is 0 Å². The molecular formula is C15H26N4O. The zero-order chi connectivity index (χ0) is 15.0. The quantitative estimate of drug-likeness (QED) is 0.794. The van der Waals surface area contributed by atoms with Crippen molar-refractivity contribution in [3.63, 3.8) is 0 Å². The molecule has 0 radical (unpaired) electrons. The molecule has 112 valence electrons. The Morgan fingerprint density at radius 1 is 1.15 bits per heavy atom. The molecule has 1 aromatic heterocycles. The van der Waals surface area contributed by atoms with Gasteiger partial charge >= 0.3 is 0 Å². The molecule has 1 heterocycles. The minimum atomic E-state index is -0.00116. The van der Waals surface area contributed by atoms with E-state index in [1.807, 2.05) is 11.8 Å². The topological polar surface area (TPSA) is 58.1 Å². The minimum absolute atomic E-state index is 0.00116. The summed E-state index contributed by atoms with van der Waals surface area (Å²) in [5.41, 5.74) is 1.30. The summed E-state index contributed by atoms with van der Waals surface area (Å²) in [5, 5.41) is 3.14. The first-order chi connectivity index (χ1) is 9.62. The summed E-state index contributed by atoms with van der Waals surface area (Å²) in [6, 6.07) is 1.76. The van der Waals surface area contributed by atoms with Gasteiger partial charge in [0, 0.05) is 25.3 Å². The van der Waals surface area contributed by atoms with Crippen LogP contribution in [0.25, 0.3) is 0 Å². The molecule has 0 saturated carbocycles. The highest BCUT2D eigenvalue weighted by atomic mass is 16.2. The van der Waals surface area contributed by atoms with Crippen LogP contribution in [0.5, 0.6) is 0 Å². The van der Waals surface area contributed by atoms with Gasteiger partial charge in [0.05, 0.1) is 0 Å². The molecule has 0 aromatic carbocycles. The molecule has 1 N–H and O–H groups in total. The smallest absolute Gasteiger partial charge is 0.272 e. The third-order valence-electron chi connectivity index (χ3n) is 2.88. The Bertz CT molecular complexity index is 428. The van der Waals surface area contributed by atoms with Crippen LogP contribution < -0.4 is 5.32 Å². The van der Waals surface area contributed by atoms with E-state index in [9.17, 15) is 4.79 Å². The molecule has 5 nitrogen and oxygen atoms in total. The van der Waals surface area contributed by atoms with E-state index in [-0.39, 0.29) is 5.91 Å². The summed E-state index contributed by atoms with van der Waals surface area (Å²) in [4.78, 5) is 23.0. The second-order valence-corrected chi connectivity index (χ2v) is 4.94. The van der Waals surface area contributed by atoms with Gasteiger partial charge in [-0.1, -0.05) is 20.8 Å². The van der Waals surface area contributed by atoms with Gasteiger partial charge in [0.15, 0.2) is 0 Å². The third kappa shape index (κ3) is 4.79. The van der Waals surface area contributed by atoms with E-state index < -0.39 is 0 Å². The predicted octanol–water partition coefficient (Wildman–Crippen LogP) is 2.87. The Labute approximate surface area is 121 Å². The van der Waals surface area contributed by atoms with E-state index in [0.29, 0.717) is 11.6 Å². The number of hydrogen-bond acceptors (Lipinski definition) is 4. The van der Waals surface area contributed by atoms with E-state index in [4.69, 9.17) is 0 Å². The van der Waals surface area contributed by atoms with Gasteiger partial charge < -0.3 is 10.2 Å². The van der Waals surface area contributed by atoms with Crippen molar-refractivity contribution >= 4 is 11.9 Å². The average molecular weight is 278 g/mol. The molecule has 0 unspecified atom stereocenters. The number of aryl methyl sites for hydroxylation is 1. The number of aromatic nitrogens is 2. The van der Waals surface area contributed by atoms with Crippen molar-refractivity contribution in [3.8, 4) is 0 Å². The van der Waals surface area contributed by atoms with Crippen molar-refractivity contribution in [2.75, 3.05) is 25.0 Å². The van der Waals surface area contributed by atoms with Gasteiger partial charge in [-0.25, -0.2) is 9.97 Å². The molecule has 5 heteroatoms. The summed E-state index contributed by atoms with van der Waals surface area (Å²) >= 11 is 0. The highest BCUT2D eigenvalue weighted by Gasteiger charge is 2.17. The maximum atomic E-state index is 12.5. The van der Waals surface area contributed by atoms with E-state index in [1.54, 1.807) is 6.07 Å². The maximum Gasteiger partial charge on any atom is 0.272 e. The number of amides is 1. The van der Waals surface area contributed by atoms with Crippen molar-refractivity contribution in [2.45, 2.75) is 47.0 Å². The van der Waals surface area contributed by atoms with E-state index >= 15 is 0 Å². The lowest BCUT2D eigenvalue weighted by molar-refractivity contribution is 0.0749. The molecular weight excluding hydrogens is 252 g/mol. The van der Waals surface area contributed by atoms with Crippen LogP contribution in [0.3, 0.4) is 0 Å². The van der Waals surface area contributed by atoms with Gasteiger partial charge in [-0.3, -0.25) is 4.79 Å². The van der Waals surface area contributed by atoms with Crippen LogP contribution in [-0.4, -0.2) is 40.4 Å². The first kappa shape index (κ1) is 16.4. The van der Waals surface area contributed by atoms with Crippen LogP contribution in [0.2, 0.25) is 0 Å². The van der Waals surface area contributed by atoms with Crippen LogP contribution in [0.1, 0.15) is 56.2 Å². The Morgan fingerprint density at radius 3 is 2.35 bits per heavy atom. The first-order valence-corrected chi connectivity index (χ1v) is 7.51. The second kappa shape index (κ2) is 8.51. The number of rotatable bonds is 8. The van der Waals surface area contributed by atoms with E-state index in [2.05, 4.69) is 36.1 Å². The van der Waals surface area contributed by atoms with Crippen molar-refractivity contribution in [1.82, 2.24) is 14.9 Å². The number of carbonyl (C=O) groups excluding carboxylic acids is 1. The molecule has 0 saturated heterocycles. The SMILES string of the molecule is CCCNc1nc(C)cc(C(=O)N(CCC)CCC)n1. The molecule has 1 rings (SSSR count). The van der Waals surface area contributed by atoms with E-state index in [1.165, 1.54) is 0 Å². The lowest BCUT2D eigenvalue weighted by atomic mass is 10.2. The number of nitrogens with one attached hydrogen (secondary N) is 1. The fourth-order valence-corrected chi connectivity index (χ4v) is 2.01. The zero-order valence-electron chi connectivity index (χ0n) is 13.1. The summed E-state index contributed by atoms with van der Waals surface area (Å²) in [7, 11) is 0. The molecule has 1 amide bonds. The molecule has 0 aliphatic rings. The van der Waals surface area contributed by atoms with Crippen LogP contribution in [0, 0.1) is 6.92 Å². The molecule has 0 spiro atoms. The number of carbonyl (C=O) groups is 1. The largest absolute Gasteiger partial charge is 0.354 e. The highest BCUT2D eigenvalue weighted by molar-refractivity contribution is 5.92. The monoisotopic (exact) mass is 278 g/mol. The highest BCUT2D eigenvalue weighted by Crippen LogP contribution is 2.09. The Balaban J connectivity index is 2.92. The standard InChI is InChI=1S/C15H26N4O/c1-5-8-16-15-17-12(4)11-13(18-15)14(20)19(9-6-2)10-7-3/h11H,5-10H2,1-4H3,(H,16,17,18). The summed E-state index contributed by atoms with van der Waals surface area (Å²) in [6.45, 7) is 10.5. The predicted molar refractivity (Wildman–Crippen MR) is 82.0 cm³/mol. The minimum Gasteiger partial charge on any atom is -0.354 e. The molecule has 1 aromatic rings. The molecule has 0 bridgehead atoms. The summed E-state index contributed by atoms with van der Waals surface area (Å²) < 4.78 is 0. The average Bonchev–Trinajstić information content (AvgIpc) is 2.43. The van der Waals surface area contributed by atoms with Crippen LogP contribution in [0.15, 0.2) is 6.07 Å². The molecule has 0 aliphatic heterocycles. The summed E-state index contributed by atoms with van der Waals surface area (Å²) in [5.74, 6) is 0.543. The Hall–Kier alpha value is -1.65. The Kier molecular flexibility index (Phi) is 6.98. The van der Waals surface area contributed by atoms with Gasteiger partial charge in [-0.05, 0) is 32.3 Å². The number of nitrogens with zero attached hydrogens (tertiary/aromatic N) is 3. The second-order valence-electron chi connectivity index (χ2n) is 4.94. The van der Waals surface area contributed by atoms with Gasteiger partial charge in [-0.15, -0.1) is 0 Å². The lowest BCUT2D eigenvalue weighted by Crippen LogP contribution is -2.33. The summed E-state index contributed by atoms with van der Waals surface area (Å²) in [6.07, 6.45) is 2.91. The van der Waals surface area contributed by atoms with Gasteiger partial charge in [0.25, 0.3) is 5.91 Å². The van der Waals surface area contributed by atoms with Crippen molar-refractivity contribution in [1.29, 1.82) is 0 Å². The van der Waals surface area contributed by atoms with Crippen molar-refractivity contribution in [3.05, 3.63) is 17.5 Å². The fourth-order valence-electron chi connectivity index (χ4n) is 2.01. The number of anilines is 1. The van der Waals surface area contributed by atoms with E-state index in [0.717, 1.165) is 44.6 Å². The lowest BCUT2D eigenvalue weighted by Gasteiger charge is -2.21. The van der Waals surface area contributed by atoms with Crippen molar-refractivity contribution in [2.24, 2.45) is 0 Å². The molecule has 0 aliphatic carbocycles. The van der Waals surface area contributed by atoms with Gasteiger partial charge in [0.2, 0.25) is 5.95 Å². The normalized spacial score (nSPS) is 10.4. The fraction of sp³-hybridized carbons (Fsp3) is 0.667. The zero-order valence-corrected chi connectivity index (χ0v) is 13.1. The van der Waals surface area contributed by atoms with Gasteiger partial charge in [0.1, 0.15) is 5.69 Å². The number of hydrogen-bond donors (Lipinski definition) is 1. The molecule has 20 heavy (non-hydrogen) atoms. The molecule has 0 fully saturated rings. The van der Waals surface area contributed by atoms with Gasteiger partial charge in [-0.2, -0.15) is 0 Å².